The Balaban J connectivity index is 1.12. The number of hydrogen-bond acceptors (Lipinski definition) is 9. The number of fused-ring (bicyclic) bond motifs is 1. The average Bonchev–Trinajstić information content (AvgIpc) is 3.79. The van der Waals surface area contributed by atoms with E-state index in [4.69, 9.17) is 28.4 Å². The molecular weight excluding hydrogens is 713 g/mol. The Hall–Kier alpha value is -4.29. The summed E-state index contributed by atoms with van der Waals surface area (Å²) in [5, 5.41) is 5.58. The minimum atomic E-state index is -1.21. The smallest absolute Gasteiger partial charge is 0.344 e. The van der Waals surface area contributed by atoms with Crippen molar-refractivity contribution >= 4 is 36.5 Å². The molecule has 0 aliphatic heterocycles. The highest BCUT2D eigenvalue weighted by Gasteiger charge is 2.42. The lowest BCUT2D eigenvalue weighted by Crippen LogP contribution is -2.33. The van der Waals surface area contributed by atoms with Gasteiger partial charge in [-0.1, -0.05) is 86.4 Å². The molecule has 3 aromatic carbocycles. The van der Waals surface area contributed by atoms with Crippen LogP contribution in [0.5, 0.6) is 5.75 Å². The second-order valence-electron chi connectivity index (χ2n) is 15.7. The van der Waals surface area contributed by atoms with E-state index in [0.29, 0.717) is 51.7 Å². The maximum Gasteiger partial charge on any atom is 0.344 e. The van der Waals surface area contributed by atoms with Gasteiger partial charge in [0.25, 0.3) is 0 Å². The van der Waals surface area contributed by atoms with Gasteiger partial charge in [0.05, 0.1) is 49.7 Å². The summed E-state index contributed by atoms with van der Waals surface area (Å²) in [6, 6.07) is 25.0. The maximum absolute atomic E-state index is 13.5. The molecule has 0 amide bonds. The highest BCUT2D eigenvalue weighted by atomic mass is 28.3. The lowest BCUT2D eigenvalue weighted by molar-refractivity contribution is -0.154. The van der Waals surface area contributed by atoms with Crippen LogP contribution in [0, 0.1) is 11.8 Å². The molecule has 294 valence electrons. The van der Waals surface area contributed by atoms with Crippen molar-refractivity contribution in [1.82, 2.24) is 9.78 Å². The topological polar surface area (TPSA) is 107 Å². The molecule has 1 heterocycles. The normalized spacial score (nSPS) is 20.0. The van der Waals surface area contributed by atoms with Crippen LogP contribution in [0.2, 0.25) is 25.7 Å². The van der Waals surface area contributed by atoms with Crippen LogP contribution in [0.15, 0.2) is 85.1 Å². The molecule has 2 aliphatic carbocycles. The highest BCUT2D eigenvalue weighted by molar-refractivity contribution is 6.76. The molecule has 2 aliphatic rings. The molecular formula is C44H56N2O8Si. The summed E-state index contributed by atoms with van der Waals surface area (Å²) in [6.45, 7) is 11.1. The molecule has 2 unspecified atom stereocenters. The van der Waals surface area contributed by atoms with Gasteiger partial charge in [-0.15, -0.1) is 0 Å². The molecule has 0 radical (unpaired) electrons. The second kappa shape index (κ2) is 19.5. The van der Waals surface area contributed by atoms with Crippen molar-refractivity contribution in [3.63, 3.8) is 0 Å². The summed E-state index contributed by atoms with van der Waals surface area (Å²) >= 11 is 0. The van der Waals surface area contributed by atoms with Crippen LogP contribution in [-0.2, 0) is 53.2 Å². The fourth-order valence-corrected chi connectivity index (χ4v) is 8.03. The van der Waals surface area contributed by atoms with Crippen molar-refractivity contribution in [1.29, 1.82) is 0 Å². The van der Waals surface area contributed by atoms with Crippen LogP contribution in [-0.4, -0.2) is 68.4 Å². The molecule has 1 saturated carbocycles. The molecule has 6 rings (SSSR count). The van der Waals surface area contributed by atoms with E-state index >= 15 is 0 Å². The third kappa shape index (κ3) is 11.6. The summed E-state index contributed by atoms with van der Waals surface area (Å²) in [6.07, 6.45) is 7.69. The largest absolute Gasteiger partial charge is 0.481 e. The van der Waals surface area contributed by atoms with E-state index < -0.39 is 14.0 Å². The summed E-state index contributed by atoms with van der Waals surface area (Å²) in [4.78, 5) is 25.8. The molecule has 0 spiro atoms. The Labute approximate surface area is 326 Å². The molecule has 11 heteroatoms. The predicted octanol–water partition coefficient (Wildman–Crippen LogP) is 8.60. The summed E-state index contributed by atoms with van der Waals surface area (Å²) in [5.41, 5.74) is 5.01. The number of carbonyl (C=O) groups excluding carboxylic acids is 2. The fourth-order valence-electron chi connectivity index (χ4n) is 7.27. The first kappa shape index (κ1) is 40.4. The number of benzene rings is 3. The Bertz CT molecular complexity index is 1870. The molecule has 4 aromatic rings. The van der Waals surface area contributed by atoms with Crippen molar-refractivity contribution in [2.24, 2.45) is 11.8 Å². The molecule has 10 nitrogen and oxygen atoms in total. The lowest BCUT2D eigenvalue weighted by atomic mass is 9.90. The summed E-state index contributed by atoms with van der Waals surface area (Å²) in [7, 11) is -1.21. The number of aromatic nitrogens is 2. The van der Waals surface area contributed by atoms with Crippen LogP contribution in [0.4, 0.5) is 0 Å². The number of carbonyl (C=O) groups is 2. The monoisotopic (exact) mass is 768 g/mol. The molecule has 0 saturated heterocycles. The molecule has 0 bridgehead atoms. The van der Waals surface area contributed by atoms with Crippen molar-refractivity contribution in [2.75, 3.05) is 26.4 Å². The number of esters is 2. The van der Waals surface area contributed by atoms with E-state index in [1.54, 1.807) is 6.92 Å². The van der Waals surface area contributed by atoms with Crippen LogP contribution < -0.4 is 4.74 Å². The number of ether oxygens (including phenoxy) is 6. The third-order valence-electron chi connectivity index (χ3n) is 10.4. The van der Waals surface area contributed by atoms with Gasteiger partial charge in [-0.05, 0) is 67.8 Å². The number of hydrogen-bond donors (Lipinski definition) is 0. The predicted molar refractivity (Wildman–Crippen MR) is 215 cm³/mol. The standard InChI is InChI=1S/C44H56N2O8Si/c1-5-50-43(47)30-53-42-25-40-35(26-45-46(40)31-49-22-23-55(2,3)4)24-38(42)34-16-18-36(19-17-34)51-29-39-37(44(48)54-28-33-14-10-7-11-15-33)20-21-41(39)52-27-32-12-8-6-9-13-32/h6-16,24-26,36-37,39,41H,5,17-23,27-31H2,1-4H3/t36?,37?,39-,41-/m1/s1. The minimum absolute atomic E-state index is 0.0104. The van der Waals surface area contributed by atoms with Crippen LogP contribution >= 0.6 is 0 Å². The first-order chi connectivity index (χ1) is 26.7. The van der Waals surface area contributed by atoms with Crippen molar-refractivity contribution < 1.29 is 38.0 Å². The van der Waals surface area contributed by atoms with Gasteiger partial charge in [-0.2, -0.15) is 5.10 Å². The van der Waals surface area contributed by atoms with Crippen LogP contribution in [0.3, 0.4) is 0 Å². The van der Waals surface area contributed by atoms with E-state index in [0.717, 1.165) is 58.5 Å². The molecule has 4 atom stereocenters. The summed E-state index contributed by atoms with van der Waals surface area (Å²) in [5.74, 6) is -0.407. The molecule has 1 fully saturated rings. The van der Waals surface area contributed by atoms with Gasteiger partial charge in [0.2, 0.25) is 0 Å². The van der Waals surface area contributed by atoms with Crippen molar-refractivity contribution in [3.05, 3.63) is 102 Å². The number of nitrogens with zero attached hydrogens (tertiary/aromatic N) is 2. The quantitative estimate of drug-likeness (QED) is 0.0527. The first-order valence-corrected chi connectivity index (χ1v) is 23.4. The van der Waals surface area contributed by atoms with E-state index in [-0.39, 0.29) is 43.2 Å². The zero-order valence-electron chi connectivity index (χ0n) is 32.7. The van der Waals surface area contributed by atoms with Gasteiger partial charge in [-0.25, -0.2) is 9.48 Å². The second-order valence-corrected chi connectivity index (χ2v) is 21.3. The summed E-state index contributed by atoms with van der Waals surface area (Å²) < 4.78 is 38.0. The lowest BCUT2D eigenvalue weighted by Gasteiger charge is -2.28. The fraction of sp³-hybridized carbons (Fsp3) is 0.477. The van der Waals surface area contributed by atoms with Gasteiger partial charge in [0.1, 0.15) is 19.1 Å². The highest BCUT2D eigenvalue weighted by Crippen LogP contribution is 2.39. The Kier molecular flexibility index (Phi) is 14.3. The van der Waals surface area contributed by atoms with Gasteiger partial charge >= 0.3 is 11.9 Å². The van der Waals surface area contributed by atoms with Crippen molar-refractivity contribution in [3.8, 4) is 5.75 Å². The Morgan fingerprint density at radius 1 is 0.891 bits per heavy atom. The van der Waals surface area contributed by atoms with Gasteiger partial charge in [-0.3, -0.25) is 4.79 Å². The average molecular weight is 769 g/mol. The zero-order valence-corrected chi connectivity index (χ0v) is 33.7. The van der Waals surface area contributed by atoms with E-state index in [2.05, 4.69) is 49.0 Å². The van der Waals surface area contributed by atoms with Crippen LogP contribution in [0.25, 0.3) is 16.5 Å². The van der Waals surface area contributed by atoms with E-state index in [1.165, 1.54) is 0 Å². The first-order valence-electron chi connectivity index (χ1n) is 19.7. The Morgan fingerprint density at radius 3 is 2.33 bits per heavy atom. The minimum Gasteiger partial charge on any atom is -0.481 e. The Morgan fingerprint density at radius 2 is 1.64 bits per heavy atom. The van der Waals surface area contributed by atoms with Gasteiger partial charge in [0, 0.05) is 37.6 Å². The maximum atomic E-state index is 13.5. The van der Waals surface area contributed by atoms with Gasteiger partial charge < -0.3 is 28.4 Å². The van der Waals surface area contributed by atoms with Gasteiger partial charge in [0.15, 0.2) is 6.61 Å². The van der Waals surface area contributed by atoms with Crippen LogP contribution in [0.1, 0.15) is 55.7 Å². The third-order valence-corrected chi connectivity index (χ3v) is 12.1. The molecule has 55 heavy (non-hydrogen) atoms. The van der Waals surface area contributed by atoms with E-state index in [1.807, 2.05) is 65.5 Å². The van der Waals surface area contributed by atoms with E-state index in [9.17, 15) is 9.59 Å². The van der Waals surface area contributed by atoms with Crippen molar-refractivity contribution in [2.45, 2.75) is 96.9 Å². The number of allylic oxidation sites excluding steroid dienone is 1. The zero-order chi connectivity index (χ0) is 38.6. The molecule has 1 aromatic heterocycles. The molecule has 0 N–H and O–H groups in total. The number of rotatable bonds is 19. The SMILES string of the molecule is CCOC(=O)COc1cc2c(cnn2COCC[Si](C)(C)C)cc1C1=CCC(OC[C@@H]2C(C(=O)OCc3ccccc3)CC[C@H]2OCc2ccccc2)CC1.